The predicted molar refractivity (Wildman–Crippen MR) is 180 cm³/mol. The number of likely N-dealkylation sites (tertiary alicyclic amines) is 1. The van der Waals surface area contributed by atoms with Gasteiger partial charge in [0.2, 0.25) is 0 Å². The van der Waals surface area contributed by atoms with E-state index in [2.05, 4.69) is 10.5 Å². The summed E-state index contributed by atoms with van der Waals surface area (Å²) in [6.07, 6.45) is 4.74. The van der Waals surface area contributed by atoms with E-state index in [9.17, 15) is 18.0 Å². The summed E-state index contributed by atoms with van der Waals surface area (Å²) >= 11 is 6.26. The van der Waals surface area contributed by atoms with Crippen LogP contribution >= 0.6 is 11.6 Å². The minimum Gasteiger partial charge on any atom is -0.484 e. The Bertz CT molecular complexity index is 1790. The number of carbonyl (C=O) groups is 2. The van der Waals surface area contributed by atoms with Gasteiger partial charge in [0.15, 0.2) is 6.61 Å². The number of ether oxygens (including phenoxy) is 1. The van der Waals surface area contributed by atoms with E-state index in [-0.39, 0.29) is 24.0 Å². The Morgan fingerprint density at radius 1 is 0.935 bits per heavy atom. The van der Waals surface area contributed by atoms with Crippen molar-refractivity contribution in [3.63, 3.8) is 0 Å². The lowest BCUT2D eigenvalue weighted by atomic mass is 10.1. The largest absolute Gasteiger partial charge is 0.484 e. The van der Waals surface area contributed by atoms with Crippen LogP contribution in [0.3, 0.4) is 0 Å². The second kappa shape index (κ2) is 15.1. The van der Waals surface area contributed by atoms with Gasteiger partial charge >= 0.3 is 0 Å². The number of sulfonamides is 1. The summed E-state index contributed by atoms with van der Waals surface area (Å²) in [4.78, 5) is 27.1. The Kier molecular flexibility index (Phi) is 10.7. The molecule has 0 atom stereocenters. The van der Waals surface area contributed by atoms with E-state index in [0.717, 1.165) is 43.5 Å². The summed E-state index contributed by atoms with van der Waals surface area (Å²) < 4.78 is 34.4. The molecule has 9 nitrogen and oxygen atoms in total. The number of nitrogens with zero attached hydrogens (tertiary/aromatic N) is 3. The number of benzene rings is 4. The summed E-state index contributed by atoms with van der Waals surface area (Å²) in [5.41, 5.74) is 5.51. The van der Waals surface area contributed by atoms with Gasteiger partial charge in [-0.15, -0.1) is 0 Å². The zero-order valence-corrected chi connectivity index (χ0v) is 27.0. The Balaban J connectivity index is 1.20. The number of carbonyl (C=O) groups excluding carboxylic acids is 2. The average molecular weight is 659 g/mol. The van der Waals surface area contributed by atoms with Crippen molar-refractivity contribution in [2.24, 2.45) is 5.10 Å². The molecule has 0 bridgehead atoms. The molecule has 1 aliphatic heterocycles. The molecule has 4 aromatic carbocycles. The Labute approximate surface area is 274 Å². The maximum Gasteiger partial charge on any atom is 0.271 e. The van der Waals surface area contributed by atoms with Crippen LogP contribution in [0.2, 0.25) is 5.02 Å². The molecule has 1 N–H and O–H groups in total. The van der Waals surface area contributed by atoms with E-state index in [1.54, 1.807) is 97.1 Å². The smallest absolute Gasteiger partial charge is 0.271 e. The lowest BCUT2D eigenvalue weighted by Crippen LogP contribution is -2.38. The van der Waals surface area contributed by atoms with Crippen LogP contribution in [-0.4, -0.2) is 51.0 Å². The molecule has 46 heavy (non-hydrogen) atoms. The van der Waals surface area contributed by atoms with E-state index in [1.165, 1.54) is 10.5 Å². The van der Waals surface area contributed by atoms with Crippen molar-refractivity contribution in [2.75, 3.05) is 24.0 Å². The first-order valence-electron chi connectivity index (χ1n) is 15.0. The van der Waals surface area contributed by atoms with Crippen molar-refractivity contribution in [3.8, 4) is 5.75 Å². The molecule has 5 rings (SSSR count). The van der Waals surface area contributed by atoms with E-state index in [0.29, 0.717) is 27.6 Å². The second-order valence-corrected chi connectivity index (χ2v) is 13.2. The van der Waals surface area contributed by atoms with Gasteiger partial charge in [0, 0.05) is 23.7 Å². The normalized spacial score (nSPS) is 13.4. The molecule has 11 heteroatoms. The number of hydrogen-bond donors (Lipinski definition) is 1. The molecular weight excluding hydrogens is 624 g/mol. The predicted octanol–water partition coefficient (Wildman–Crippen LogP) is 6.20. The average Bonchev–Trinajstić information content (AvgIpc) is 3.08. The molecule has 0 unspecified atom stereocenters. The Hall–Kier alpha value is -4.67. The number of hydrogen-bond acceptors (Lipinski definition) is 6. The van der Waals surface area contributed by atoms with Gasteiger partial charge in [0.1, 0.15) is 5.75 Å². The Morgan fingerprint density at radius 3 is 2.33 bits per heavy atom. The topological polar surface area (TPSA) is 108 Å². The lowest BCUT2D eigenvalue weighted by Gasteiger charge is -2.26. The minimum absolute atomic E-state index is 0.00337. The van der Waals surface area contributed by atoms with E-state index in [1.807, 2.05) is 11.8 Å². The summed E-state index contributed by atoms with van der Waals surface area (Å²) in [6, 6.07) is 27.1. The fourth-order valence-electron chi connectivity index (χ4n) is 5.06. The summed E-state index contributed by atoms with van der Waals surface area (Å²) in [6.45, 7) is 3.44. The van der Waals surface area contributed by atoms with E-state index < -0.39 is 15.9 Å². The highest BCUT2D eigenvalue weighted by Gasteiger charge is 2.26. The molecule has 0 aromatic heterocycles. The molecule has 1 saturated heterocycles. The third-order valence-corrected chi connectivity index (χ3v) is 9.65. The van der Waals surface area contributed by atoms with Gasteiger partial charge in [-0.1, -0.05) is 48.0 Å². The number of halogens is 1. The van der Waals surface area contributed by atoms with Gasteiger partial charge in [-0.3, -0.25) is 13.9 Å². The standard InChI is InChI=1S/C35H35ClN4O5S/c1-26-10-17-30(36)22-33(26)40(46(43,44)32-8-4-2-5-9-32)24-28-11-15-29(16-12-28)35(42)38-37-23-27-13-18-31(19-14-27)45-25-34(41)39-20-6-3-7-21-39/h2,4-5,8-19,22-23H,3,6-7,20-21,24-25H2,1H3,(H,38,42)/b37-23-. The first-order chi connectivity index (χ1) is 22.2. The van der Waals surface area contributed by atoms with Gasteiger partial charge in [0.25, 0.3) is 21.8 Å². The zero-order valence-electron chi connectivity index (χ0n) is 25.4. The number of rotatable bonds is 11. The van der Waals surface area contributed by atoms with Crippen molar-refractivity contribution in [2.45, 2.75) is 37.6 Å². The van der Waals surface area contributed by atoms with Gasteiger partial charge < -0.3 is 9.64 Å². The molecule has 0 radical (unpaired) electrons. The van der Waals surface area contributed by atoms with Crippen LogP contribution in [0.25, 0.3) is 0 Å². The fraction of sp³-hybridized carbons (Fsp3) is 0.229. The molecule has 1 aliphatic rings. The number of hydrazone groups is 1. The molecule has 4 aromatic rings. The molecule has 1 heterocycles. The van der Waals surface area contributed by atoms with Gasteiger partial charge in [0.05, 0.1) is 23.3 Å². The zero-order chi connectivity index (χ0) is 32.5. The number of aryl methyl sites for hydroxylation is 1. The maximum atomic E-state index is 13.7. The van der Waals surface area contributed by atoms with Gasteiger partial charge in [-0.25, -0.2) is 13.8 Å². The van der Waals surface area contributed by atoms with Crippen LogP contribution in [0.5, 0.6) is 5.75 Å². The van der Waals surface area contributed by atoms with Crippen LogP contribution in [0, 0.1) is 6.92 Å². The highest BCUT2D eigenvalue weighted by atomic mass is 35.5. The number of nitrogens with one attached hydrogen (secondary N) is 1. The van der Waals surface area contributed by atoms with Crippen LogP contribution in [0.15, 0.2) is 107 Å². The molecule has 0 aliphatic carbocycles. The highest BCUT2D eigenvalue weighted by molar-refractivity contribution is 7.92. The van der Waals surface area contributed by atoms with Gasteiger partial charge in [-0.05, 0) is 104 Å². The molecular formula is C35H35ClN4O5S. The summed E-state index contributed by atoms with van der Waals surface area (Å²) in [5.74, 6) is 0.151. The van der Waals surface area contributed by atoms with Crippen LogP contribution in [0.4, 0.5) is 5.69 Å². The second-order valence-electron chi connectivity index (χ2n) is 11.0. The van der Waals surface area contributed by atoms with E-state index in [4.69, 9.17) is 16.3 Å². The molecule has 238 valence electrons. The lowest BCUT2D eigenvalue weighted by molar-refractivity contribution is -0.134. The first kappa shape index (κ1) is 32.7. The number of piperidine rings is 1. The van der Waals surface area contributed by atoms with Crippen molar-refractivity contribution in [1.82, 2.24) is 10.3 Å². The van der Waals surface area contributed by atoms with Crippen molar-refractivity contribution in [3.05, 3.63) is 124 Å². The maximum absolute atomic E-state index is 13.7. The Morgan fingerprint density at radius 2 is 1.63 bits per heavy atom. The minimum atomic E-state index is -3.92. The van der Waals surface area contributed by atoms with Crippen molar-refractivity contribution >= 4 is 45.3 Å². The fourth-order valence-corrected chi connectivity index (χ4v) is 6.75. The van der Waals surface area contributed by atoms with Crippen LogP contribution in [0.1, 0.15) is 46.3 Å². The highest BCUT2D eigenvalue weighted by Crippen LogP contribution is 2.31. The quantitative estimate of drug-likeness (QED) is 0.153. The van der Waals surface area contributed by atoms with E-state index >= 15 is 0 Å². The van der Waals surface area contributed by atoms with Crippen LogP contribution in [-0.2, 0) is 21.4 Å². The van der Waals surface area contributed by atoms with Crippen molar-refractivity contribution in [1.29, 1.82) is 0 Å². The third-order valence-electron chi connectivity index (χ3n) is 7.64. The third kappa shape index (κ3) is 8.32. The summed E-state index contributed by atoms with van der Waals surface area (Å²) in [5, 5.41) is 4.47. The summed E-state index contributed by atoms with van der Waals surface area (Å²) in [7, 11) is -3.92. The van der Waals surface area contributed by atoms with Crippen LogP contribution < -0.4 is 14.5 Å². The number of amides is 2. The van der Waals surface area contributed by atoms with Gasteiger partial charge in [-0.2, -0.15) is 5.10 Å². The molecule has 0 spiro atoms. The monoisotopic (exact) mass is 658 g/mol. The SMILES string of the molecule is Cc1ccc(Cl)cc1N(Cc1ccc(C(=O)N/N=C\c2ccc(OCC(=O)N3CCCCC3)cc2)cc1)S(=O)(=O)c1ccccc1. The molecule has 1 fully saturated rings. The van der Waals surface area contributed by atoms with Crippen molar-refractivity contribution < 1.29 is 22.7 Å². The number of anilines is 1. The first-order valence-corrected chi connectivity index (χ1v) is 16.8. The molecule has 0 saturated carbocycles. The molecule has 2 amide bonds.